The second-order valence-electron chi connectivity index (χ2n) is 4.12. The Hall–Kier alpha value is 0.294. The third kappa shape index (κ3) is 1.51. The zero-order valence-electron chi connectivity index (χ0n) is 10.5. The van der Waals surface area contributed by atoms with Crippen LogP contribution in [0.1, 0.15) is 36.0 Å². The Kier molecular flexibility index (Phi) is 3.66. The van der Waals surface area contributed by atoms with Gasteiger partial charge in [0.2, 0.25) is 0 Å². The largest absolute Gasteiger partial charge is 1.00 e. The zero-order chi connectivity index (χ0) is 8.81. The van der Waals surface area contributed by atoms with Crippen LogP contribution in [0.25, 0.3) is 0 Å². The number of rotatable bonds is 0. The summed E-state index contributed by atoms with van der Waals surface area (Å²) in [4.78, 5) is 0. The molecule has 0 atom stereocenters. The molecule has 2 heteroatoms. The van der Waals surface area contributed by atoms with E-state index in [4.69, 9.17) is 0 Å². The fraction of sp³-hybridized carbons (Fsp3) is 0.600. The molecule has 0 aromatic rings. The van der Waals surface area contributed by atoms with Crippen LogP contribution >= 0.6 is 0 Å². The fourth-order valence-electron chi connectivity index (χ4n) is 1.78. The van der Waals surface area contributed by atoms with Gasteiger partial charge < -0.3 is 1.43 Å². The van der Waals surface area contributed by atoms with Gasteiger partial charge in [0.25, 0.3) is 0 Å². The summed E-state index contributed by atoms with van der Waals surface area (Å²) >= 11 is 0. The van der Waals surface area contributed by atoms with E-state index in [-0.39, 0.29) is 20.3 Å². The Labute approximate surface area is 92.6 Å². The summed E-state index contributed by atoms with van der Waals surface area (Å²) in [6, 6.07) is 0. The Morgan fingerprint density at radius 1 is 1.08 bits per heavy atom. The van der Waals surface area contributed by atoms with Crippen LogP contribution in [-0.2, 0) is 0 Å². The molecule has 0 saturated carbocycles. The zero-order valence-corrected chi connectivity index (χ0v) is 11.5. The van der Waals surface area contributed by atoms with Crippen molar-refractivity contribution < 1.29 is 20.3 Å². The SMILES string of the molecule is CC1=C(C)C(C)(C)C([SiH3])=C1C.[H-].[Li+]. The second-order valence-corrected chi connectivity index (χ2v) is 5.12. The molecule has 0 fully saturated rings. The summed E-state index contributed by atoms with van der Waals surface area (Å²) < 4.78 is 0. The Morgan fingerprint density at radius 2 is 1.50 bits per heavy atom. The molecule has 1 aliphatic carbocycles. The molecule has 0 spiro atoms. The van der Waals surface area contributed by atoms with Crippen molar-refractivity contribution >= 4 is 10.2 Å². The van der Waals surface area contributed by atoms with Crippen molar-refractivity contribution in [3.63, 3.8) is 0 Å². The fourth-order valence-corrected chi connectivity index (χ4v) is 2.53. The Balaban J connectivity index is 0. The first-order valence-corrected chi connectivity index (χ1v) is 5.25. The van der Waals surface area contributed by atoms with Gasteiger partial charge >= 0.3 is 18.9 Å². The summed E-state index contributed by atoms with van der Waals surface area (Å²) in [5.74, 6) is 0. The molecular weight excluding hydrogens is 155 g/mol. The summed E-state index contributed by atoms with van der Waals surface area (Å²) in [6.07, 6.45) is 0. The van der Waals surface area contributed by atoms with Gasteiger partial charge in [-0.05, 0) is 26.3 Å². The van der Waals surface area contributed by atoms with Gasteiger partial charge in [-0.2, -0.15) is 0 Å². The summed E-state index contributed by atoms with van der Waals surface area (Å²) in [7, 11) is 1.21. The molecule has 0 nitrogen and oxygen atoms in total. The van der Waals surface area contributed by atoms with Crippen molar-refractivity contribution in [1.29, 1.82) is 0 Å². The summed E-state index contributed by atoms with van der Waals surface area (Å²) in [6.45, 7) is 11.5. The molecule has 12 heavy (non-hydrogen) atoms. The van der Waals surface area contributed by atoms with Crippen LogP contribution in [0.15, 0.2) is 21.9 Å². The van der Waals surface area contributed by atoms with Gasteiger partial charge in [0, 0.05) is 15.7 Å². The summed E-state index contributed by atoms with van der Waals surface area (Å²) in [5.41, 5.74) is 5.03. The van der Waals surface area contributed by atoms with Gasteiger partial charge in [0.15, 0.2) is 0 Å². The molecular formula is C10H19LiSi. The molecule has 0 unspecified atom stereocenters. The van der Waals surface area contributed by atoms with Crippen LogP contribution < -0.4 is 18.9 Å². The van der Waals surface area contributed by atoms with Crippen molar-refractivity contribution in [3.05, 3.63) is 21.9 Å². The molecule has 0 amide bonds. The average Bonchev–Trinajstić information content (AvgIpc) is 2.06. The predicted octanol–water partition coefficient (Wildman–Crippen LogP) is -0.882. The minimum atomic E-state index is 0. The molecule has 0 saturated heterocycles. The van der Waals surface area contributed by atoms with Gasteiger partial charge in [-0.1, -0.05) is 30.2 Å². The van der Waals surface area contributed by atoms with E-state index in [0.717, 1.165) is 0 Å². The van der Waals surface area contributed by atoms with Crippen LogP contribution in [0.5, 0.6) is 0 Å². The van der Waals surface area contributed by atoms with Gasteiger partial charge in [-0.3, -0.25) is 0 Å². The van der Waals surface area contributed by atoms with Crippen molar-refractivity contribution in [2.75, 3.05) is 0 Å². The standard InChI is InChI=1S/C10H18Si.Li.H/c1-6-7(2)9(11)10(4,5)8(6)3;;/h1-5,11H3;;/q;+1;-1. The minimum Gasteiger partial charge on any atom is -1.00 e. The van der Waals surface area contributed by atoms with Crippen molar-refractivity contribution in [2.24, 2.45) is 5.41 Å². The van der Waals surface area contributed by atoms with E-state index in [0.29, 0.717) is 5.41 Å². The van der Waals surface area contributed by atoms with Crippen molar-refractivity contribution in [1.82, 2.24) is 0 Å². The monoisotopic (exact) mass is 174 g/mol. The smallest absolute Gasteiger partial charge is 1.00 e. The number of hydrogen-bond donors (Lipinski definition) is 0. The maximum absolute atomic E-state index is 2.34. The quantitative estimate of drug-likeness (QED) is 0.418. The second kappa shape index (κ2) is 3.58. The molecule has 0 N–H and O–H groups in total. The average molecular weight is 174 g/mol. The molecule has 1 rings (SSSR count). The maximum atomic E-state index is 2.34. The van der Waals surface area contributed by atoms with E-state index in [1.807, 2.05) is 0 Å². The maximum Gasteiger partial charge on any atom is 1.00 e. The van der Waals surface area contributed by atoms with Crippen LogP contribution in [0, 0.1) is 5.41 Å². The van der Waals surface area contributed by atoms with E-state index >= 15 is 0 Å². The van der Waals surface area contributed by atoms with E-state index in [2.05, 4.69) is 34.6 Å². The topological polar surface area (TPSA) is 0 Å². The normalized spacial score (nSPS) is 21.8. The molecule has 0 radical (unpaired) electrons. The first-order chi connectivity index (χ1) is 4.89. The van der Waals surface area contributed by atoms with Crippen molar-refractivity contribution in [3.8, 4) is 0 Å². The van der Waals surface area contributed by atoms with Crippen molar-refractivity contribution in [2.45, 2.75) is 34.6 Å². The van der Waals surface area contributed by atoms with Gasteiger partial charge in [0.1, 0.15) is 0 Å². The Morgan fingerprint density at radius 3 is 1.58 bits per heavy atom. The minimum absolute atomic E-state index is 0. The molecule has 0 heterocycles. The predicted molar refractivity (Wildman–Crippen MR) is 55.9 cm³/mol. The van der Waals surface area contributed by atoms with Gasteiger partial charge in [-0.25, -0.2) is 0 Å². The van der Waals surface area contributed by atoms with Gasteiger partial charge in [0.05, 0.1) is 0 Å². The third-order valence-electron chi connectivity index (χ3n) is 3.56. The van der Waals surface area contributed by atoms with Crippen LogP contribution in [0.4, 0.5) is 0 Å². The van der Waals surface area contributed by atoms with E-state index in [1.54, 1.807) is 16.3 Å². The van der Waals surface area contributed by atoms with Crippen LogP contribution in [-0.4, -0.2) is 10.2 Å². The molecule has 1 aliphatic rings. The molecule has 0 aromatic carbocycles. The number of allylic oxidation sites excluding steroid dienone is 4. The van der Waals surface area contributed by atoms with E-state index in [1.165, 1.54) is 15.8 Å². The van der Waals surface area contributed by atoms with E-state index < -0.39 is 0 Å². The molecule has 0 bridgehead atoms. The van der Waals surface area contributed by atoms with Crippen LogP contribution in [0.3, 0.4) is 0 Å². The van der Waals surface area contributed by atoms with Gasteiger partial charge in [-0.15, -0.1) is 0 Å². The Bertz CT molecular complexity index is 238. The molecule has 0 aromatic heterocycles. The summed E-state index contributed by atoms with van der Waals surface area (Å²) in [5, 5.41) is 1.67. The number of hydrogen-bond acceptors (Lipinski definition) is 0. The molecule has 0 aliphatic heterocycles. The first kappa shape index (κ1) is 12.3. The first-order valence-electron chi connectivity index (χ1n) is 4.25. The third-order valence-corrected chi connectivity index (χ3v) is 5.56. The van der Waals surface area contributed by atoms with Crippen LogP contribution in [0.2, 0.25) is 0 Å². The van der Waals surface area contributed by atoms with E-state index in [9.17, 15) is 0 Å². The molecule has 64 valence electrons.